The Balaban J connectivity index is 2.18. The van der Waals surface area contributed by atoms with Gasteiger partial charge in [-0.2, -0.15) is 4.98 Å². The largest absolute Gasteiger partial charge is 0.343 e. The van der Waals surface area contributed by atoms with E-state index in [1.165, 1.54) is 6.39 Å². The van der Waals surface area contributed by atoms with Crippen molar-refractivity contribution in [3.8, 4) is 0 Å². The van der Waals surface area contributed by atoms with Gasteiger partial charge in [-0.3, -0.25) is 9.59 Å². The average molecular weight is 280 g/mol. The van der Waals surface area contributed by atoms with Gasteiger partial charge in [-0.1, -0.05) is 19.0 Å². The highest BCUT2D eigenvalue weighted by Gasteiger charge is 2.46. The highest BCUT2D eigenvalue weighted by atomic mass is 16.5. The summed E-state index contributed by atoms with van der Waals surface area (Å²) in [7, 11) is 0. The summed E-state index contributed by atoms with van der Waals surface area (Å²) in [5.74, 6) is 0.376. The summed E-state index contributed by atoms with van der Waals surface area (Å²) in [6.45, 7) is 7.68. The summed E-state index contributed by atoms with van der Waals surface area (Å²) >= 11 is 0. The molecule has 2 amide bonds. The number of piperazine rings is 1. The molecule has 2 rings (SSSR count). The first-order valence-electron chi connectivity index (χ1n) is 6.71. The van der Waals surface area contributed by atoms with E-state index in [4.69, 9.17) is 0 Å². The Morgan fingerprint density at radius 1 is 1.45 bits per heavy atom. The van der Waals surface area contributed by atoms with Crippen LogP contribution in [-0.2, 0) is 16.0 Å². The number of rotatable bonds is 4. The Morgan fingerprint density at radius 2 is 2.15 bits per heavy atom. The van der Waals surface area contributed by atoms with Crippen LogP contribution in [0.4, 0.5) is 0 Å². The molecule has 1 atom stereocenters. The van der Waals surface area contributed by atoms with Crippen LogP contribution in [0.1, 0.15) is 33.5 Å². The van der Waals surface area contributed by atoms with Crippen LogP contribution in [0, 0.1) is 5.92 Å². The van der Waals surface area contributed by atoms with Gasteiger partial charge in [-0.25, -0.2) is 0 Å². The highest BCUT2D eigenvalue weighted by Crippen LogP contribution is 2.22. The van der Waals surface area contributed by atoms with Crippen molar-refractivity contribution in [2.75, 3.05) is 6.54 Å². The normalized spacial score (nSPS) is 22.2. The number of hydrogen-bond acceptors (Lipinski definition) is 5. The molecule has 110 valence electrons. The minimum absolute atomic E-state index is 0.0420. The molecule has 0 bridgehead atoms. The average Bonchev–Trinajstić information content (AvgIpc) is 2.83. The molecule has 1 aromatic rings. The number of nitrogens with one attached hydrogen (secondary N) is 1. The van der Waals surface area contributed by atoms with E-state index in [0.29, 0.717) is 18.8 Å². The lowest BCUT2D eigenvalue weighted by Crippen LogP contribution is -2.69. The Morgan fingerprint density at radius 3 is 2.70 bits per heavy atom. The number of nitrogens with zero attached hydrogens (tertiary/aromatic N) is 3. The summed E-state index contributed by atoms with van der Waals surface area (Å²) in [4.78, 5) is 30.3. The van der Waals surface area contributed by atoms with Crippen molar-refractivity contribution in [2.45, 2.75) is 45.7 Å². The molecule has 2 heterocycles. The molecule has 1 aromatic heterocycles. The van der Waals surface area contributed by atoms with Gasteiger partial charge in [0.25, 0.3) is 0 Å². The lowest BCUT2D eigenvalue weighted by molar-refractivity contribution is -0.155. The van der Waals surface area contributed by atoms with Gasteiger partial charge in [0.05, 0.1) is 0 Å². The van der Waals surface area contributed by atoms with E-state index in [9.17, 15) is 9.59 Å². The smallest absolute Gasteiger partial charge is 0.248 e. The molecule has 1 N–H and O–H groups in total. The fourth-order valence-corrected chi connectivity index (χ4v) is 2.49. The Hall–Kier alpha value is -1.92. The Kier molecular flexibility index (Phi) is 3.78. The topological polar surface area (TPSA) is 88.3 Å². The van der Waals surface area contributed by atoms with E-state index in [1.807, 2.05) is 13.8 Å². The van der Waals surface area contributed by atoms with Crippen molar-refractivity contribution in [3.05, 3.63) is 12.2 Å². The molecule has 0 spiro atoms. The second-order valence-electron chi connectivity index (χ2n) is 5.90. The van der Waals surface area contributed by atoms with Gasteiger partial charge in [0.15, 0.2) is 5.82 Å². The SMILES string of the molecule is CC(C)C1C(=O)NC(C)(C)C(=O)N1CCc1ncon1. The molecule has 0 saturated carbocycles. The molecule has 0 aromatic carbocycles. The lowest BCUT2D eigenvalue weighted by Gasteiger charge is -2.44. The zero-order chi connectivity index (χ0) is 14.9. The molecule has 1 saturated heterocycles. The van der Waals surface area contributed by atoms with Crippen LogP contribution in [0.15, 0.2) is 10.9 Å². The standard InChI is InChI=1S/C13H20N4O3/c1-8(2)10-11(18)15-13(3,4)12(19)17(10)6-5-9-14-7-20-16-9/h7-8,10H,5-6H2,1-4H3,(H,15,18). The molecule has 1 aliphatic rings. The van der Waals surface area contributed by atoms with E-state index < -0.39 is 11.6 Å². The van der Waals surface area contributed by atoms with Gasteiger partial charge in [0, 0.05) is 13.0 Å². The van der Waals surface area contributed by atoms with Gasteiger partial charge in [0.1, 0.15) is 11.6 Å². The molecule has 0 aliphatic carbocycles. The second-order valence-corrected chi connectivity index (χ2v) is 5.90. The van der Waals surface area contributed by atoms with Crippen LogP contribution in [-0.4, -0.2) is 45.0 Å². The van der Waals surface area contributed by atoms with Crippen LogP contribution >= 0.6 is 0 Å². The van der Waals surface area contributed by atoms with Crippen LogP contribution in [0.5, 0.6) is 0 Å². The van der Waals surface area contributed by atoms with Crippen molar-refractivity contribution in [2.24, 2.45) is 5.92 Å². The summed E-state index contributed by atoms with van der Waals surface area (Å²) in [6, 6.07) is -0.456. The Labute approximate surface area is 117 Å². The number of amides is 2. The van der Waals surface area contributed by atoms with E-state index >= 15 is 0 Å². The van der Waals surface area contributed by atoms with Crippen LogP contribution in [0.2, 0.25) is 0 Å². The van der Waals surface area contributed by atoms with E-state index in [2.05, 4.69) is 20.0 Å². The van der Waals surface area contributed by atoms with E-state index in [1.54, 1.807) is 18.7 Å². The second kappa shape index (κ2) is 5.22. The van der Waals surface area contributed by atoms with E-state index in [-0.39, 0.29) is 17.7 Å². The predicted molar refractivity (Wildman–Crippen MR) is 70.6 cm³/mol. The first kappa shape index (κ1) is 14.5. The molecule has 1 aliphatic heterocycles. The third kappa shape index (κ3) is 2.66. The van der Waals surface area contributed by atoms with Gasteiger partial charge < -0.3 is 14.7 Å². The predicted octanol–water partition coefficient (Wildman–Crippen LogP) is 0.374. The summed E-state index contributed by atoms with van der Waals surface area (Å²) in [5.41, 5.74) is -0.875. The maximum atomic E-state index is 12.5. The molecule has 20 heavy (non-hydrogen) atoms. The van der Waals surface area contributed by atoms with Crippen molar-refractivity contribution in [3.63, 3.8) is 0 Å². The minimum atomic E-state index is -0.875. The van der Waals surface area contributed by atoms with Crippen molar-refractivity contribution >= 4 is 11.8 Å². The third-order valence-corrected chi connectivity index (χ3v) is 3.45. The third-order valence-electron chi connectivity index (χ3n) is 3.45. The van der Waals surface area contributed by atoms with Crippen LogP contribution in [0.3, 0.4) is 0 Å². The van der Waals surface area contributed by atoms with Gasteiger partial charge in [0.2, 0.25) is 18.2 Å². The molecular formula is C13H20N4O3. The molecule has 1 unspecified atom stereocenters. The lowest BCUT2D eigenvalue weighted by atomic mass is 9.91. The van der Waals surface area contributed by atoms with Gasteiger partial charge in [-0.15, -0.1) is 0 Å². The monoisotopic (exact) mass is 280 g/mol. The molecular weight excluding hydrogens is 260 g/mol. The molecule has 7 nitrogen and oxygen atoms in total. The quantitative estimate of drug-likeness (QED) is 0.861. The van der Waals surface area contributed by atoms with Crippen LogP contribution < -0.4 is 5.32 Å². The maximum Gasteiger partial charge on any atom is 0.248 e. The fraction of sp³-hybridized carbons (Fsp3) is 0.692. The van der Waals surface area contributed by atoms with Gasteiger partial charge in [-0.05, 0) is 19.8 Å². The Bertz CT molecular complexity index is 496. The summed E-state index contributed by atoms with van der Waals surface area (Å²) in [6.07, 6.45) is 1.72. The van der Waals surface area contributed by atoms with Crippen LogP contribution in [0.25, 0.3) is 0 Å². The molecule has 1 fully saturated rings. The van der Waals surface area contributed by atoms with E-state index in [0.717, 1.165) is 0 Å². The van der Waals surface area contributed by atoms with Crippen molar-refractivity contribution in [1.82, 2.24) is 20.4 Å². The maximum absolute atomic E-state index is 12.5. The first-order valence-corrected chi connectivity index (χ1v) is 6.71. The summed E-state index contributed by atoms with van der Waals surface area (Å²) < 4.78 is 4.67. The molecule has 7 heteroatoms. The molecule has 0 radical (unpaired) electrons. The number of carbonyl (C=O) groups excluding carboxylic acids is 2. The number of aromatic nitrogens is 2. The highest BCUT2D eigenvalue weighted by molar-refractivity contribution is 5.99. The van der Waals surface area contributed by atoms with Crippen molar-refractivity contribution < 1.29 is 14.1 Å². The summed E-state index contributed by atoms with van der Waals surface area (Å²) in [5, 5.41) is 6.51. The first-order chi connectivity index (χ1) is 9.33. The zero-order valence-electron chi connectivity index (χ0n) is 12.2. The minimum Gasteiger partial charge on any atom is -0.343 e. The fourth-order valence-electron chi connectivity index (χ4n) is 2.49. The van der Waals surface area contributed by atoms with Gasteiger partial charge >= 0.3 is 0 Å². The zero-order valence-corrected chi connectivity index (χ0v) is 12.2. The number of hydrogen-bond donors (Lipinski definition) is 1. The number of carbonyl (C=O) groups is 2. The van der Waals surface area contributed by atoms with Crippen molar-refractivity contribution in [1.29, 1.82) is 0 Å².